The SMILES string of the molecule is CCC(C)(C)NC(=O)c1ccc(NC(=O)c2ccc(C(=O)O)o2)cc1. The van der Waals surface area contributed by atoms with Crippen molar-refractivity contribution in [3.05, 3.63) is 53.5 Å². The summed E-state index contributed by atoms with van der Waals surface area (Å²) in [7, 11) is 0. The highest BCUT2D eigenvalue weighted by Crippen LogP contribution is 2.15. The number of hydrogen-bond acceptors (Lipinski definition) is 4. The molecule has 1 heterocycles. The summed E-state index contributed by atoms with van der Waals surface area (Å²) in [5.41, 5.74) is 0.640. The van der Waals surface area contributed by atoms with Gasteiger partial charge in [-0.2, -0.15) is 0 Å². The van der Waals surface area contributed by atoms with E-state index >= 15 is 0 Å². The van der Waals surface area contributed by atoms with Crippen molar-refractivity contribution in [3.8, 4) is 0 Å². The number of anilines is 1. The molecule has 2 aromatic rings. The van der Waals surface area contributed by atoms with Crippen molar-refractivity contribution in [2.45, 2.75) is 32.7 Å². The summed E-state index contributed by atoms with van der Waals surface area (Å²) in [4.78, 5) is 34.9. The van der Waals surface area contributed by atoms with Crippen molar-refractivity contribution in [2.24, 2.45) is 0 Å². The van der Waals surface area contributed by atoms with E-state index in [1.807, 2.05) is 20.8 Å². The minimum Gasteiger partial charge on any atom is -0.475 e. The first-order valence-electron chi connectivity index (χ1n) is 7.79. The molecule has 1 aromatic carbocycles. The number of aromatic carboxylic acids is 1. The molecule has 0 atom stereocenters. The first-order valence-corrected chi connectivity index (χ1v) is 7.79. The molecule has 0 aliphatic rings. The molecule has 0 unspecified atom stereocenters. The smallest absolute Gasteiger partial charge is 0.371 e. The van der Waals surface area contributed by atoms with E-state index in [0.29, 0.717) is 11.3 Å². The largest absolute Gasteiger partial charge is 0.475 e. The second-order valence-corrected chi connectivity index (χ2v) is 6.19. The molecular weight excluding hydrogens is 324 g/mol. The summed E-state index contributed by atoms with van der Waals surface area (Å²) in [5.74, 6) is -2.43. The Bertz CT molecular complexity index is 790. The van der Waals surface area contributed by atoms with Gasteiger partial charge in [-0.15, -0.1) is 0 Å². The lowest BCUT2D eigenvalue weighted by Gasteiger charge is -2.24. The van der Waals surface area contributed by atoms with Crippen molar-refractivity contribution in [1.82, 2.24) is 5.32 Å². The van der Waals surface area contributed by atoms with E-state index in [4.69, 9.17) is 9.52 Å². The quantitative estimate of drug-likeness (QED) is 0.746. The predicted octanol–water partition coefficient (Wildman–Crippen LogP) is 3.15. The number of rotatable bonds is 6. The van der Waals surface area contributed by atoms with Crippen molar-refractivity contribution < 1.29 is 23.9 Å². The predicted molar refractivity (Wildman–Crippen MR) is 91.9 cm³/mol. The Balaban J connectivity index is 2.03. The molecular formula is C18H20N2O5. The van der Waals surface area contributed by atoms with Gasteiger partial charge in [0.15, 0.2) is 5.76 Å². The zero-order chi connectivity index (χ0) is 18.6. The molecule has 3 N–H and O–H groups in total. The number of furan rings is 1. The maximum atomic E-state index is 12.2. The number of carboxylic acids is 1. The molecule has 7 nitrogen and oxygen atoms in total. The monoisotopic (exact) mass is 344 g/mol. The van der Waals surface area contributed by atoms with E-state index in [1.54, 1.807) is 24.3 Å². The molecule has 0 spiro atoms. The number of amides is 2. The topological polar surface area (TPSA) is 109 Å². The third kappa shape index (κ3) is 4.69. The van der Waals surface area contributed by atoms with Crippen LogP contribution in [0.2, 0.25) is 0 Å². The number of carbonyl (C=O) groups excluding carboxylic acids is 2. The van der Waals surface area contributed by atoms with Gasteiger partial charge in [0.05, 0.1) is 0 Å². The molecule has 0 saturated heterocycles. The Morgan fingerprint density at radius 2 is 1.60 bits per heavy atom. The van der Waals surface area contributed by atoms with E-state index in [-0.39, 0.29) is 23.0 Å². The Hall–Kier alpha value is -3.09. The minimum atomic E-state index is -1.25. The highest BCUT2D eigenvalue weighted by molar-refractivity contribution is 6.03. The van der Waals surface area contributed by atoms with Crippen LogP contribution in [-0.2, 0) is 0 Å². The van der Waals surface area contributed by atoms with Gasteiger partial charge >= 0.3 is 5.97 Å². The van der Waals surface area contributed by atoms with Gasteiger partial charge in [0, 0.05) is 16.8 Å². The molecule has 132 valence electrons. The second kappa shape index (κ2) is 7.21. The number of carboxylic acid groups (broad SMARTS) is 1. The Labute approximate surface area is 145 Å². The van der Waals surface area contributed by atoms with Crippen molar-refractivity contribution in [1.29, 1.82) is 0 Å². The fourth-order valence-corrected chi connectivity index (χ4v) is 1.94. The molecule has 2 rings (SSSR count). The van der Waals surface area contributed by atoms with E-state index in [1.165, 1.54) is 12.1 Å². The van der Waals surface area contributed by atoms with Gasteiger partial charge in [-0.3, -0.25) is 9.59 Å². The van der Waals surface area contributed by atoms with Crippen molar-refractivity contribution in [2.75, 3.05) is 5.32 Å². The van der Waals surface area contributed by atoms with E-state index in [0.717, 1.165) is 6.42 Å². The maximum absolute atomic E-state index is 12.2. The molecule has 0 fully saturated rings. The average Bonchev–Trinajstić information content (AvgIpc) is 3.05. The van der Waals surface area contributed by atoms with Crippen LogP contribution in [0.25, 0.3) is 0 Å². The summed E-state index contributed by atoms with van der Waals surface area (Å²) in [6.45, 7) is 5.87. The number of carbonyl (C=O) groups is 3. The third-order valence-corrected chi connectivity index (χ3v) is 3.78. The number of benzene rings is 1. The Morgan fingerprint density at radius 3 is 2.12 bits per heavy atom. The summed E-state index contributed by atoms with van der Waals surface area (Å²) >= 11 is 0. The molecule has 0 saturated carbocycles. The van der Waals surface area contributed by atoms with E-state index < -0.39 is 11.9 Å². The van der Waals surface area contributed by atoms with Gasteiger partial charge in [0.2, 0.25) is 5.76 Å². The highest BCUT2D eigenvalue weighted by Gasteiger charge is 2.19. The Kier molecular flexibility index (Phi) is 5.26. The van der Waals surface area contributed by atoms with Crippen LogP contribution in [0.4, 0.5) is 5.69 Å². The minimum absolute atomic E-state index is 0.107. The lowest BCUT2D eigenvalue weighted by molar-refractivity contribution is 0.0660. The van der Waals surface area contributed by atoms with Crippen LogP contribution in [0.3, 0.4) is 0 Å². The first kappa shape index (κ1) is 18.3. The normalized spacial score (nSPS) is 11.0. The molecule has 1 aromatic heterocycles. The third-order valence-electron chi connectivity index (χ3n) is 3.78. The van der Waals surface area contributed by atoms with Gasteiger partial charge < -0.3 is 20.2 Å². The van der Waals surface area contributed by atoms with Gasteiger partial charge in [-0.25, -0.2) is 4.79 Å². The van der Waals surface area contributed by atoms with Crippen LogP contribution >= 0.6 is 0 Å². The summed E-state index contributed by atoms with van der Waals surface area (Å²) in [5, 5.41) is 14.3. The fraction of sp³-hybridized carbons (Fsp3) is 0.278. The van der Waals surface area contributed by atoms with Gasteiger partial charge in [-0.05, 0) is 56.7 Å². The summed E-state index contributed by atoms with van der Waals surface area (Å²) < 4.78 is 4.93. The first-order chi connectivity index (χ1) is 11.7. The lowest BCUT2D eigenvalue weighted by Crippen LogP contribution is -2.42. The lowest BCUT2D eigenvalue weighted by atomic mass is 10.0. The van der Waals surface area contributed by atoms with Gasteiger partial charge in [0.25, 0.3) is 11.8 Å². The molecule has 0 bridgehead atoms. The standard InChI is InChI=1S/C18H20N2O5/c1-4-18(2,3)20-15(21)11-5-7-12(8-6-11)19-16(22)13-9-10-14(25-13)17(23)24/h5-10H,4H2,1-3H3,(H,19,22)(H,20,21)(H,23,24). The molecule has 0 aliphatic heterocycles. The fourth-order valence-electron chi connectivity index (χ4n) is 1.94. The van der Waals surface area contributed by atoms with Gasteiger partial charge in [0.1, 0.15) is 0 Å². The molecule has 2 amide bonds. The van der Waals surface area contributed by atoms with Crippen LogP contribution in [0, 0.1) is 0 Å². The van der Waals surface area contributed by atoms with E-state index in [2.05, 4.69) is 10.6 Å². The zero-order valence-corrected chi connectivity index (χ0v) is 14.3. The van der Waals surface area contributed by atoms with Crippen LogP contribution in [0.15, 0.2) is 40.8 Å². The summed E-state index contributed by atoms with van der Waals surface area (Å²) in [6, 6.07) is 8.87. The van der Waals surface area contributed by atoms with Crippen LogP contribution < -0.4 is 10.6 Å². The number of hydrogen-bond donors (Lipinski definition) is 3. The molecule has 7 heteroatoms. The molecule has 25 heavy (non-hydrogen) atoms. The second-order valence-electron chi connectivity index (χ2n) is 6.19. The Morgan fingerprint density at radius 1 is 1.00 bits per heavy atom. The van der Waals surface area contributed by atoms with Crippen molar-refractivity contribution >= 4 is 23.5 Å². The zero-order valence-electron chi connectivity index (χ0n) is 14.3. The van der Waals surface area contributed by atoms with E-state index in [9.17, 15) is 14.4 Å². The average molecular weight is 344 g/mol. The summed E-state index contributed by atoms with van der Waals surface area (Å²) in [6.07, 6.45) is 0.800. The number of nitrogens with one attached hydrogen (secondary N) is 2. The van der Waals surface area contributed by atoms with Gasteiger partial charge in [-0.1, -0.05) is 6.92 Å². The van der Waals surface area contributed by atoms with Crippen molar-refractivity contribution in [3.63, 3.8) is 0 Å². The van der Waals surface area contributed by atoms with Crippen LogP contribution in [-0.4, -0.2) is 28.4 Å². The molecule has 0 aliphatic carbocycles. The maximum Gasteiger partial charge on any atom is 0.371 e. The highest BCUT2D eigenvalue weighted by atomic mass is 16.4. The molecule has 0 radical (unpaired) electrons. The van der Waals surface area contributed by atoms with Crippen LogP contribution in [0.1, 0.15) is 58.7 Å². The van der Waals surface area contributed by atoms with Crippen LogP contribution in [0.5, 0.6) is 0 Å².